The average molecular weight is 199 g/mol. The van der Waals surface area contributed by atoms with Crippen LogP contribution in [0.15, 0.2) is 48.8 Å². The molecule has 3 N–H and O–H groups in total. The van der Waals surface area contributed by atoms with Crippen molar-refractivity contribution in [2.75, 3.05) is 5.32 Å². The number of anilines is 2. The van der Waals surface area contributed by atoms with E-state index >= 15 is 0 Å². The molecule has 0 bridgehead atoms. The Bertz CT molecular complexity index is 426. The lowest BCUT2D eigenvalue weighted by atomic mass is 10.1. The Morgan fingerprint density at radius 2 is 1.80 bits per heavy atom. The number of hydrogen-bond acceptors (Lipinski definition) is 3. The molecule has 0 aliphatic carbocycles. The Labute approximate surface area is 89.0 Å². The van der Waals surface area contributed by atoms with Crippen LogP contribution >= 0.6 is 0 Å². The molecule has 2 aromatic rings. The lowest BCUT2D eigenvalue weighted by Crippen LogP contribution is -2.01. The summed E-state index contributed by atoms with van der Waals surface area (Å²) >= 11 is 0. The fourth-order valence-corrected chi connectivity index (χ4v) is 1.41. The molecule has 0 amide bonds. The summed E-state index contributed by atoms with van der Waals surface area (Å²) in [5.74, 6) is 0. The minimum absolute atomic E-state index is 0.536. The topological polar surface area (TPSA) is 50.9 Å². The first-order chi connectivity index (χ1) is 7.40. The molecule has 15 heavy (non-hydrogen) atoms. The van der Waals surface area contributed by atoms with Crippen LogP contribution in [0.3, 0.4) is 0 Å². The van der Waals surface area contributed by atoms with Crippen LogP contribution in [0.1, 0.15) is 5.56 Å². The Balaban J connectivity index is 2.24. The first-order valence-electron chi connectivity index (χ1n) is 4.85. The van der Waals surface area contributed by atoms with Gasteiger partial charge in [0, 0.05) is 30.3 Å². The third kappa shape index (κ3) is 2.33. The van der Waals surface area contributed by atoms with E-state index in [1.54, 1.807) is 12.4 Å². The van der Waals surface area contributed by atoms with Crippen LogP contribution in [0.25, 0.3) is 0 Å². The number of benzene rings is 1. The van der Waals surface area contributed by atoms with E-state index in [0.29, 0.717) is 6.54 Å². The summed E-state index contributed by atoms with van der Waals surface area (Å²) in [7, 11) is 0. The molecule has 1 heterocycles. The fraction of sp³-hybridized carbons (Fsp3) is 0.0833. The maximum Gasteiger partial charge on any atom is 0.0429 e. The van der Waals surface area contributed by atoms with E-state index in [1.165, 1.54) is 0 Å². The molecule has 1 aromatic carbocycles. The van der Waals surface area contributed by atoms with Crippen LogP contribution in [0, 0.1) is 0 Å². The lowest BCUT2D eigenvalue weighted by Gasteiger charge is -2.09. The number of hydrogen-bond donors (Lipinski definition) is 2. The largest absolute Gasteiger partial charge is 0.355 e. The van der Waals surface area contributed by atoms with Gasteiger partial charge in [0.1, 0.15) is 0 Å². The van der Waals surface area contributed by atoms with Crippen LogP contribution in [-0.2, 0) is 6.54 Å². The third-order valence-electron chi connectivity index (χ3n) is 2.20. The predicted molar refractivity (Wildman–Crippen MR) is 61.9 cm³/mol. The zero-order valence-corrected chi connectivity index (χ0v) is 8.35. The number of aromatic nitrogens is 1. The van der Waals surface area contributed by atoms with E-state index < -0.39 is 0 Å². The van der Waals surface area contributed by atoms with Gasteiger partial charge in [-0.05, 0) is 23.8 Å². The molecular weight excluding hydrogens is 186 g/mol. The van der Waals surface area contributed by atoms with Crippen LogP contribution in [0.4, 0.5) is 11.4 Å². The molecule has 0 saturated carbocycles. The standard InChI is InChI=1S/C12H13N3/c13-9-10-3-1-2-4-12(10)15-11-5-7-14-8-6-11/h1-8H,9,13H2,(H,14,15). The summed E-state index contributed by atoms with van der Waals surface area (Å²) in [4.78, 5) is 3.96. The van der Waals surface area contributed by atoms with Gasteiger partial charge in [-0.3, -0.25) is 4.98 Å². The van der Waals surface area contributed by atoms with E-state index in [1.807, 2.05) is 36.4 Å². The van der Waals surface area contributed by atoms with Crippen molar-refractivity contribution in [2.24, 2.45) is 5.73 Å². The van der Waals surface area contributed by atoms with Crippen molar-refractivity contribution < 1.29 is 0 Å². The lowest BCUT2D eigenvalue weighted by molar-refractivity contribution is 1.07. The minimum atomic E-state index is 0.536. The van der Waals surface area contributed by atoms with E-state index in [9.17, 15) is 0 Å². The summed E-state index contributed by atoms with van der Waals surface area (Å²) in [5, 5.41) is 3.30. The van der Waals surface area contributed by atoms with Crippen molar-refractivity contribution in [3.8, 4) is 0 Å². The molecular formula is C12H13N3. The second-order valence-electron chi connectivity index (χ2n) is 3.22. The van der Waals surface area contributed by atoms with Crippen LogP contribution < -0.4 is 11.1 Å². The number of pyridine rings is 1. The van der Waals surface area contributed by atoms with E-state index in [4.69, 9.17) is 5.73 Å². The SMILES string of the molecule is NCc1ccccc1Nc1ccncc1. The van der Waals surface area contributed by atoms with Gasteiger partial charge >= 0.3 is 0 Å². The normalized spacial score (nSPS) is 9.93. The average Bonchev–Trinajstić information content (AvgIpc) is 2.31. The number of nitrogens with two attached hydrogens (primary N) is 1. The Hall–Kier alpha value is -1.87. The second-order valence-corrected chi connectivity index (χ2v) is 3.22. The zero-order valence-electron chi connectivity index (χ0n) is 8.35. The van der Waals surface area contributed by atoms with Crippen molar-refractivity contribution in [3.05, 3.63) is 54.4 Å². The van der Waals surface area contributed by atoms with Crippen molar-refractivity contribution in [2.45, 2.75) is 6.54 Å². The summed E-state index contributed by atoms with van der Waals surface area (Å²) in [6, 6.07) is 11.9. The molecule has 0 aliphatic rings. The highest BCUT2D eigenvalue weighted by atomic mass is 14.9. The van der Waals surface area contributed by atoms with Gasteiger partial charge in [0.2, 0.25) is 0 Å². The van der Waals surface area contributed by atoms with E-state index in [2.05, 4.69) is 10.3 Å². The summed E-state index contributed by atoms with van der Waals surface area (Å²) < 4.78 is 0. The Kier molecular flexibility index (Phi) is 2.95. The number of para-hydroxylation sites is 1. The minimum Gasteiger partial charge on any atom is -0.355 e. The molecule has 0 aliphatic heterocycles. The third-order valence-corrected chi connectivity index (χ3v) is 2.20. The van der Waals surface area contributed by atoms with Gasteiger partial charge in [0.05, 0.1) is 0 Å². The molecule has 2 rings (SSSR count). The summed E-state index contributed by atoms with van der Waals surface area (Å²) in [5.41, 5.74) is 8.82. The van der Waals surface area contributed by atoms with E-state index in [-0.39, 0.29) is 0 Å². The molecule has 3 nitrogen and oxygen atoms in total. The van der Waals surface area contributed by atoms with Crippen molar-refractivity contribution in [1.82, 2.24) is 4.98 Å². The molecule has 1 aromatic heterocycles. The maximum absolute atomic E-state index is 5.65. The van der Waals surface area contributed by atoms with Crippen LogP contribution in [0.2, 0.25) is 0 Å². The van der Waals surface area contributed by atoms with Gasteiger partial charge in [0.15, 0.2) is 0 Å². The van der Waals surface area contributed by atoms with Gasteiger partial charge in [0.25, 0.3) is 0 Å². The maximum atomic E-state index is 5.65. The molecule has 0 spiro atoms. The highest BCUT2D eigenvalue weighted by molar-refractivity contribution is 5.62. The van der Waals surface area contributed by atoms with Crippen LogP contribution in [-0.4, -0.2) is 4.98 Å². The molecule has 0 radical (unpaired) electrons. The van der Waals surface area contributed by atoms with Crippen molar-refractivity contribution >= 4 is 11.4 Å². The first kappa shape index (κ1) is 9.68. The summed E-state index contributed by atoms with van der Waals surface area (Å²) in [6.45, 7) is 0.536. The molecule has 0 fully saturated rings. The van der Waals surface area contributed by atoms with Crippen molar-refractivity contribution in [1.29, 1.82) is 0 Å². The van der Waals surface area contributed by atoms with Gasteiger partial charge in [-0.25, -0.2) is 0 Å². The highest BCUT2D eigenvalue weighted by Gasteiger charge is 1.99. The second kappa shape index (κ2) is 4.57. The quantitative estimate of drug-likeness (QED) is 0.797. The van der Waals surface area contributed by atoms with Crippen molar-refractivity contribution in [3.63, 3.8) is 0 Å². The summed E-state index contributed by atoms with van der Waals surface area (Å²) in [6.07, 6.45) is 3.51. The zero-order chi connectivity index (χ0) is 10.5. The molecule has 0 atom stereocenters. The Morgan fingerprint density at radius 1 is 1.07 bits per heavy atom. The first-order valence-corrected chi connectivity index (χ1v) is 4.85. The molecule has 3 heteroatoms. The number of rotatable bonds is 3. The smallest absolute Gasteiger partial charge is 0.0429 e. The van der Waals surface area contributed by atoms with E-state index in [0.717, 1.165) is 16.9 Å². The van der Waals surface area contributed by atoms with Crippen LogP contribution in [0.5, 0.6) is 0 Å². The monoisotopic (exact) mass is 199 g/mol. The Morgan fingerprint density at radius 3 is 2.53 bits per heavy atom. The van der Waals surface area contributed by atoms with Gasteiger partial charge < -0.3 is 11.1 Å². The highest BCUT2D eigenvalue weighted by Crippen LogP contribution is 2.19. The predicted octanol–water partition coefficient (Wildman–Crippen LogP) is 2.28. The van der Waals surface area contributed by atoms with Gasteiger partial charge in [-0.2, -0.15) is 0 Å². The number of nitrogens with zero attached hydrogens (tertiary/aromatic N) is 1. The molecule has 0 saturated heterocycles. The fourth-order valence-electron chi connectivity index (χ4n) is 1.41. The van der Waals surface area contributed by atoms with Gasteiger partial charge in [-0.1, -0.05) is 18.2 Å². The number of nitrogens with one attached hydrogen (secondary N) is 1. The molecule has 0 unspecified atom stereocenters. The molecule has 76 valence electrons. The van der Waals surface area contributed by atoms with Gasteiger partial charge in [-0.15, -0.1) is 0 Å².